The molecular weight excluding hydrogens is 340 g/mol. The zero-order valence-corrected chi connectivity index (χ0v) is 16.1. The predicted molar refractivity (Wildman–Crippen MR) is 106 cm³/mol. The molecule has 0 spiro atoms. The molecule has 3 heterocycles. The molecule has 2 aromatic heterocycles. The van der Waals surface area contributed by atoms with Gasteiger partial charge in [-0.05, 0) is 45.5 Å². The summed E-state index contributed by atoms with van der Waals surface area (Å²) in [4.78, 5) is 30.0. The molecule has 1 saturated heterocycles. The Morgan fingerprint density at radius 2 is 2.04 bits per heavy atom. The SMILES string of the molecule is Cc1cccnc1Nc1nccnc1C1CCCN1C(=O)/C=C/CN(C)C. The third-order valence-corrected chi connectivity index (χ3v) is 4.56. The van der Waals surface area contributed by atoms with E-state index in [1.165, 1.54) is 0 Å². The number of likely N-dealkylation sites (tertiary alicyclic amines) is 1. The Labute approximate surface area is 160 Å². The second-order valence-corrected chi connectivity index (χ2v) is 6.94. The van der Waals surface area contributed by atoms with Crippen LogP contribution in [0.25, 0.3) is 0 Å². The van der Waals surface area contributed by atoms with Crippen molar-refractivity contribution >= 4 is 17.5 Å². The number of aromatic nitrogens is 3. The van der Waals surface area contributed by atoms with Crippen molar-refractivity contribution in [1.29, 1.82) is 0 Å². The Kier molecular flexibility index (Phi) is 6.13. The van der Waals surface area contributed by atoms with E-state index in [9.17, 15) is 4.79 Å². The lowest BCUT2D eigenvalue weighted by Crippen LogP contribution is -2.30. The van der Waals surface area contributed by atoms with E-state index >= 15 is 0 Å². The number of carbonyl (C=O) groups excluding carboxylic acids is 1. The third-order valence-electron chi connectivity index (χ3n) is 4.56. The van der Waals surface area contributed by atoms with Gasteiger partial charge in [-0.2, -0.15) is 0 Å². The normalized spacial score (nSPS) is 17.0. The molecule has 0 radical (unpaired) electrons. The Balaban J connectivity index is 1.82. The molecule has 1 amide bonds. The van der Waals surface area contributed by atoms with Gasteiger partial charge in [-0.25, -0.2) is 9.97 Å². The standard InChI is InChI=1S/C20H26N6O/c1-15-7-4-10-22-19(15)24-20-18(21-11-12-23-20)16-8-5-14-26(16)17(27)9-6-13-25(2)3/h4,6-7,9-12,16H,5,8,13-14H2,1-3H3,(H,22,23,24)/b9-6+. The van der Waals surface area contributed by atoms with Gasteiger partial charge in [0.25, 0.3) is 0 Å². The fraction of sp³-hybridized carbons (Fsp3) is 0.400. The van der Waals surface area contributed by atoms with Crippen molar-refractivity contribution in [1.82, 2.24) is 24.8 Å². The van der Waals surface area contributed by atoms with Crippen LogP contribution in [0.3, 0.4) is 0 Å². The molecule has 1 fully saturated rings. The van der Waals surface area contributed by atoms with Crippen molar-refractivity contribution in [3.63, 3.8) is 0 Å². The number of hydrogen-bond donors (Lipinski definition) is 1. The van der Waals surface area contributed by atoms with Crippen LogP contribution >= 0.6 is 0 Å². The average molecular weight is 366 g/mol. The predicted octanol–water partition coefficient (Wildman–Crippen LogP) is 2.70. The van der Waals surface area contributed by atoms with E-state index in [-0.39, 0.29) is 11.9 Å². The topological polar surface area (TPSA) is 74.2 Å². The summed E-state index contributed by atoms with van der Waals surface area (Å²) in [5.74, 6) is 1.42. The van der Waals surface area contributed by atoms with Gasteiger partial charge in [0.05, 0.1) is 6.04 Å². The molecule has 1 aliphatic rings. The van der Waals surface area contributed by atoms with Gasteiger partial charge in [0, 0.05) is 37.8 Å². The molecule has 7 heteroatoms. The Bertz CT molecular complexity index is 820. The van der Waals surface area contributed by atoms with E-state index in [0.29, 0.717) is 5.82 Å². The van der Waals surface area contributed by atoms with Gasteiger partial charge in [0.15, 0.2) is 5.82 Å². The summed E-state index contributed by atoms with van der Waals surface area (Å²) in [5, 5.41) is 3.29. The van der Waals surface area contributed by atoms with E-state index in [4.69, 9.17) is 0 Å². The number of aryl methyl sites for hydroxylation is 1. The molecule has 27 heavy (non-hydrogen) atoms. The fourth-order valence-corrected chi connectivity index (χ4v) is 3.19. The molecule has 2 aromatic rings. The molecule has 1 N–H and O–H groups in total. The maximum atomic E-state index is 12.7. The van der Waals surface area contributed by atoms with Crippen LogP contribution in [0.5, 0.6) is 0 Å². The van der Waals surface area contributed by atoms with Gasteiger partial charge in [0.2, 0.25) is 5.91 Å². The second-order valence-electron chi connectivity index (χ2n) is 6.94. The highest BCUT2D eigenvalue weighted by Gasteiger charge is 2.32. The molecule has 3 rings (SSSR count). The van der Waals surface area contributed by atoms with E-state index in [1.54, 1.807) is 24.7 Å². The molecule has 0 bridgehead atoms. The first-order chi connectivity index (χ1) is 13.1. The first-order valence-electron chi connectivity index (χ1n) is 9.17. The molecule has 1 atom stereocenters. The van der Waals surface area contributed by atoms with Crippen molar-refractivity contribution in [3.05, 3.63) is 54.1 Å². The highest BCUT2D eigenvalue weighted by molar-refractivity contribution is 5.88. The number of nitrogens with zero attached hydrogens (tertiary/aromatic N) is 5. The number of anilines is 2. The number of pyridine rings is 1. The number of hydrogen-bond acceptors (Lipinski definition) is 6. The summed E-state index contributed by atoms with van der Waals surface area (Å²) in [6, 6.07) is 3.81. The lowest BCUT2D eigenvalue weighted by atomic mass is 10.1. The highest BCUT2D eigenvalue weighted by atomic mass is 16.2. The minimum absolute atomic E-state index is 0.0185. The fourth-order valence-electron chi connectivity index (χ4n) is 3.19. The lowest BCUT2D eigenvalue weighted by molar-refractivity contribution is -0.127. The van der Waals surface area contributed by atoms with Crippen molar-refractivity contribution in [3.8, 4) is 0 Å². The molecule has 142 valence electrons. The molecule has 0 aliphatic carbocycles. The van der Waals surface area contributed by atoms with E-state index in [1.807, 2.05) is 49.0 Å². The third kappa shape index (κ3) is 4.68. The molecular formula is C20H26N6O. The number of nitrogens with one attached hydrogen (secondary N) is 1. The van der Waals surface area contributed by atoms with Gasteiger partial charge in [-0.1, -0.05) is 12.1 Å². The first kappa shape index (κ1) is 19.0. The summed E-state index contributed by atoms with van der Waals surface area (Å²) in [5.41, 5.74) is 1.81. The second kappa shape index (κ2) is 8.73. The number of rotatable bonds is 6. The summed E-state index contributed by atoms with van der Waals surface area (Å²) >= 11 is 0. The van der Waals surface area contributed by atoms with E-state index < -0.39 is 0 Å². The van der Waals surface area contributed by atoms with Crippen LogP contribution in [0.2, 0.25) is 0 Å². The minimum Gasteiger partial charge on any atom is -0.330 e. The van der Waals surface area contributed by atoms with Gasteiger partial charge >= 0.3 is 0 Å². The molecule has 0 aromatic carbocycles. The number of likely N-dealkylation sites (N-methyl/N-ethyl adjacent to an activating group) is 1. The van der Waals surface area contributed by atoms with E-state index in [2.05, 4.69) is 20.3 Å². The van der Waals surface area contributed by atoms with Crippen LogP contribution in [-0.2, 0) is 4.79 Å². The maximum absolute atomic E-state index is 12.7. The van der Waals surface area contributed by atoms with Crippen molar-refractivity contribution in [2.75, 3.05) is 32.5 Å². The number of carbonyl (C=O) groups is 1. The zero-order valence-electron chi connectivity index (χ0n) is 16.1. The van der Waals surface area contributed by atoms with Crippen LogP contribution in [0, 0.1) is 6.92 Å². The van der Waals surface area contributed by atoms with E-state index in [0.717, 1.165) is 43.0 Å². The molecule has 1 unspecified atom stereocenters. The van der Waals surface area contributed by atoms with Crippen molar-refractivity contribution in [2.45, 2.75) is 25.8 Å². The average Bonchev–Trinajstić information content (AvgIpc) is 3.13. The zero-order chi connectivity index (χ0) is 19.2. The van der Waals surface area contributed by atoms with Crippen LogP contribution in [0.1, 0.15) is 30.1 Å². The lowest BCUT2D eigenvalue weighted by Gasteiger charge is -2.24. The Morgan fingerprint density at radius 1 is 1.26 bits per heavy atom. The smallest absolute Gasteiger partial charge is 0.246 e. The summed E-state index contributed by atoms with van der Waals surface area (Å²) in [6.07, 6.45) is 10.5. The summed E-state index contributed by atoms with van der Waals surface area (Å²) in [7, 11) is 3.95. The molecule has 7 nitrogen and oxygen atoms in total. The van der Waals surface area contributed by atoms with Crippen LogP contribution < -0.4 is 5.32 Å². The summed E-state index contributed by atoms with van der Waals surface area (Å²) in [6.45, 7) is 3.46. The first-order valence-corrected chi connectivity index (χ1v) is 9.17. The van der Waals surface area contributed by atoms with Crippen LogP contribution in [0.15, 0.2) is 42.9 Å². The minimum atomic E-state index is -0.0817. The molecule has 1 aliphatic heterocycles. The quantitative estimate of drug-likeness (QED) is 0.793. The van der Waals surface area contributed by atoms with Crippen molar-refractivity contribution < 1.29 is 4.79 Å². The Morgan fingerprint density at radius 3 is 2.81 bits per heavy atom. The van der Waals surface area contributed by atoms with Gasteiger partial charge in [-0.3, -0.25) is 9.78 Å². The van der Waals surface area contributed by atoms with Crippen LogP contribution in [-0.4, -0.2) is 57.8 Å². The Hall–Kier alpha value is -2.80. The molecule has 0 saturated carbocycles. The maximum Gasteiger partial charge on any atom is 0.246 e. The van der Waals surface area contributed by atoms with Crippen molar-refractivity contribution in [2.24, 2.45) is 0 Å². The monoisotopic (exact) mass is 366 g/mol. The van der Waals surface area contributed by atoms with Gasteiger partial charge in [-0.15, -0.1) is 0 Å². The van der Waals surface area contributed by atoms with Gasteiger partial charge in [0.1, 0.15) is 11.5 Å². The van der Waals surface area contributed by atoms with Crippen LogP contribution in [0.4, 0.5) is 11.6 Å². The highest BCUT2D eigenvalue weighted by Crippen LogP contribution is 2.34. The number of amides is 1. The largest absolute Gasteiger partial charge is 0.330 e. The van der Waals surface area contributed by atoms with Gasteiger partial charge < -0.3 is 15.1 Å². The summed E-state index contributed by atoms with van der Waals surface area (Å²) < 4.78 is 0.